The van der Waals surface area contributed by atoms with Crippen molar-refractivity contribution in [2.45, 2.75) is 38.4 Å². The Balaban J connectivity index is 1.14. The van der Waals surface area contributed by atoms with Crippen molar-refractivity contribution in [3.05, 3.63) is 82.2 Å². The average Bonchev–Trinajstić information content (AvgIpc) is 3.51. The van der Waals surface area contributed by atoms with E-state index < -0.39 is 17.5 Å². The zero-order valence-electron chi connectivity index (χ0n) is 19.3. The van der Waals surface area contributed by atoms with E-state index in [0.29, 0.717) is 55.8 Å². The second-order valence-corrected chi connectivity index (χ2v) is 9.49. The lowest BCUT2D eigenvalue weighted by molar-refractivity contribution is -0.133. The molecule has 1 fully saturated rings. The minimum absolute atomic E-state index is 0.0261. The van der Waals surface area contributed by atoms with Crippen LogP contribution in [0.2, 0.25) is 0 Å². The first-order valence-electron chi connectivity index (χ1n) is 11.9. The topological polar surface area (TPSA) is 96.3 Å². The van der Waals surface area contributed by atoms with Crippen LogP contribution in [-0.4, -0.2) is 38.9 Å². The molecular weight excluding hydrogens is 468 g/mol. The van der Waals surface area contributed by atoms with Crippen LogP contribution >= 0.6 is 0 Å². The molecule has 2 N–H and O–H groups in total. The van der Waals surface area contributed by atoms with E-state index in [0.717, 1.165) is 17.3 Å². The lowest BCUT2D eigenvalue weighted by Crippen LogP contribution is -2.32. The number of anilines is 1. The zero-order valence-corrected chi connectivity index (χ0v) is 19.3. The maximum absolute atomic E-state index is 13.6. The summed E-state index contributed by atoms with van der Waals surface area (Å²) < 4.78 is 28.6. The van der Waals surface area contributed by atoms with Crippen molar-refractivity contribution in [1.82, 2.24) is 20.0 Å². The number of rotatable bonds is 4. The summed E-state index contributed by atoms with van der Waals surface area (Å²) in [6.07, 6.45) is 1.29. The molecule has 6 rings (SSSR count). The van der Waals surface area contributed by atoms with E-state index in [1.807, 2.05) is 0 Å². The highest BCUT2D eigenvalue weighted by molar-refractivity contribution is 6.04. The second kappa shape index (κ2) is 8.54. The lowest BCUT2D eigenvalue weighted by Gasteiger charge is -2.20. The summed E-state index contributed by atoms with van der Waals surface area (Å²) in [4.78, 5) is 39.7. The summed E-state index contributed by atoms with van der Waals surface area (Å²) in [7, 11) is 0. The van der Waals surface area contributed by atoms with Gasteiger partial charge in [0.25, 0.3) is 11.8 Å². The zero-order chi connectivity index (χ0) is 25.0. The molecule has 1 aliphatic carbocycles. The number of nitrogens with one attached hydrogen (secondary N) is 2. The molecule has 3 aliphatic rings. The molecule has 8 nitrogen and oxygen atoms in total. The smallest absolute Gasteiger partial charge is 0.276 e. The summed E-state index contributed by atoms with van der Waals surface area (Å²) in [5.74, 6) is -2.76. The minimum Gasteiger partial charge on any atom is -0.348 e. The number of amides is 3. The average molecular weight is 491 g/mol. The van der Waals surface area contributed by atoms with Gasteiger partial charge in [-0.05, 0) is 60.2 Å². The quantitative estimate of drug-likeness (QED) is 0.586. The molecule has 0 radical (unpaired) electrons. The Bertz CT molecular complexity index is 1420. The predicted octanol–water partition coefficient (Wildman–Crippen LogP) is 3.19. The fraction of sp³-hybridized carbons (Fsp3) is 0.308. The third-order valence-corrected chi connectivity index (χ3v) is 7.09. The Morgan fingerprint density at radius 2 is 1.92 bits per heavy atom. The number of nitrogens with zero attached hydrogens (tertiary/aromatic N) is 3. The first kappa shape index (κ1) is 22.4. The number of halogens is 2. The minimum atomic E-state index is -0.904. The van der Waals surface area contributed by atoms with Crippen LogP contribution in [0.25, 0.3) is 0 Å². The molecule has 3 aromatic rings. The van der Waals surface area contributed by atoms with Gasteiger partial charge >= 0.3 is 0 Å². The molecule has 2 atom stereocenters. The molecular formula is C26H23F2N5O3. The number of aryl methyl sites for hydroxylation is 1. The van der Waals surface area contributed by atoms with Gasteiger partial charge in [0.1, 0.15) is 0 Å². The Morgan fingerprint density at radius 3 is 2.75 bits per heavy atom. The summed E-state index contributed by atoms with van der Waals surface area (Å²) in [6, 6.07) is 10.7. The van der Waals surface area contributed by atoms with E-state index in [1.54, 1.807) is 33.8 Å². The van der Waals surface area contributed by atoms with Gasteiger partial charge < -0.3 is 15.5 Å². The molecule has 184 valence electrons. The van der Waals surface area contributed by atoms with Gasteiger partial charge in [0.05, 0.1) is 12.2 Å². The van der Waals surface area contributed by atoms with Crippen LogP contribution < -0.4 is 10.6 Å². The third-order valence-electron chi connectivity index (χ3n) is 7.09. The number of carbonyl (C=O) groups is 3. The number of carbonyl (C=O) groups excluding carboxylic acids is 3. The van der Waals surface area contributed by atoms with Crippen LogP contribution in [0, 0.1) is 17.6 Å². The van der Waals surface area contributed by atoms with E-state index in [1.165, 1.54) is 12.1 Å². The molecule has 2 unspecified atom stereocenters. The van der Waals surface area contributed by atoms with Crippen molar-refractivity contribution >= 4 is 23.4 Å². The molecule has 1 saturated carbocycles. The van der Waals surface area contributed by atoms with E-state index in [-0.39, 0.29) is 29.3 Å². The standard InChI is InChI=1S/C26H23F2N5O3/c27-21-5-3-14(8-22(21)28)18-11-20(18)26(36)32-6-1-7-33-17(13-32)10-23(31-33)25(35)30-16-4-2-15-12-29-24(34)19(15)9-16/h2-5,8-10,18,20H,1,6-7,11-13H2,(H,29,34)(H,30,35). The van der Waals surface area contributed by atoms with Crippen LogP contribution in [0.3, 0.4) is 0 Å². The highest BCUT2D eigenvalue weighted by atomic mass is 19.2. The third kappa shape index (κ3) is 4.02. The Labute approximate surface area is 205 Å². The maximum atomic E-state index is 13.6. The molecule has 3 heterocycles. The monoisotopic (exact) mass is 491 g/mol. The summed E-state index contributed by atoms with van der Waals surface area (Å²) in [6.45, 7) is 1.93. The molecule has 3 amide bonds. The highest BCUT2D eigenvalue weighted by Gasteiger charge is 2.46. The van der Waals surface area contributed by atoms with Gasteiger partial charge in [-0.1, -0.05) is 12.1 Å². The van der Waals surface area contributed by atoms with E-state index in [9.17, 15) is 23.2 Å². The molecule has 2 aromatic carbocycles. The Hall–Kier alpha value is -4.08. The van der Waals surface area contributed by atoms with Gasteiger partial charge in [-0.25, -0.2) is 8.78 Å². The first-order chi connectivity index (χ1) is 17.4. The van der Waals surface area contributed by atoms with Crippen LogP contribution in [0.1, 0.15) is 56.4 Å². The predicted molar refractivity (Wildman–Crippen MR) is 125 cm³/mol. The van der Waals surface area contributed by atoms with Crippen molar-refractivity contribution in [2.75, 3.05) is 11.9 Å². The van der Waals surface area contributed by atoms with Crippen molar-refractivity contribution in [1.29, 1.82) is 0 Å². The lowest BCUT2D eigenvalue weighted by atomic mass is 10.1. The largest absolute Gasteiger partial charge is 0.348 e. The number of fused-ring (bicyclic) bond motifs is 2. The number of hydrogen-bond donors (Lipinski definition) is 2. The van der Waals surface area contributed by atoms with Gasteiger partial charge in [0.15, 0.2) is 17.3 Å². The normalized spacial score (nSPS) is 20.3. The summed E-state index contributed by atoms with van der Waals surface area (Å²) >= 11 is 0. The second-order valence-electron chi connectivity index (χ2n) is 9.49. The molecule has 10 heteroatoms. The van der Waals surface area contributed by atoms with Crippen LogP contribution in [0.5, 0.6) is 0 Å². The summed E-state index contributed by atoms with van der Waals surface area (Å²) in [5, 5.41) is 9.98. The number of aromatic nitrogens is 2. The molecule has 0 spiro atoms. The van der Waals surface area contributed by atoms with E-state index >= 15 is 0 Å². The molecule has 0 saturated heterocycles. The van der Waals surface area contributed by atoms with Crippen molar-refractivity contribution in [2.24, 2.45) is 5.92 Å². The Kier molecular flexibility index (Phi) is 5.31. The Morgan fingerprint density at radius 1 is 1.06 bits per heavy atom. The van der Waals surface area contributed by atoms with E-state index in [4.69, 9.17) is 0 Å². The number of hydrogen-bond acceptors (Lipinski definition) is 4. The van der Waals surface area contributed by atoms with Gasteiger partial charge in [-0.3, -0.25) is 19.1 Å². The maximum Gasteiger partial charge on any atom is 0.276 e. The van der Waals surface area contributed by atoms with Gasteiger partial charge in [0.2, 0.25) is 5.91 Å². The van der Waals surface area contributed by atoms with Crippen molar-refractivity contribution < 1.29 is 23.2 Å². The SMILES string of the molecule is O=C(Nc1ccc2c(c1)C(=O)NC2)c1cc2n(n1)CCCN(C(=O)C1CC1c1ccc(F)c(F)c1)C2. The fourth-order valence-electron chi connectivity index (χ4n) is 5.06. The van der Waals surface area contributed by atoms with Crippen molar-refractivity contribution in [3.8, 4) is 0 Å². The first-order valence-corrected chi connectivity index (χ1v) is 11.9. The molecule has 36 heavy (non-hydrogen) atoms. The van der Waals surface area contributed by atoms with E-state index in [2.05, 4.69) is 15.7 Å². The molecule has 0 bridgehead atoms. The van der Waals surface area contributed by atoms with Gasteiger partial charge in [-0.15, -0.1) is 0 Å². The summed E-state index contributed by atoms with van der Waals surface area (Å²) in [5.41, 5.74) is 3.56. The molecule has 2 aliphatic heterocycles. The van der Waals surface area contributed by atoms with Crippen molar-refractivity contribution in [3.63, 3.8) is 0 Å². The molecule has 1 aromatic heterocycles. The number of benzene rings is 2. The van der Waals surface area contributed by atoms with Crippen LogP contribution in [0.15, 0.2) is 42.5 Å². The van der Waals surface area contributed by atoms with Gasteiger partial charge in [0, 0.05) is 36.8 Å². The van der Waals surface area contributed by atoms with Gasteiger partial charge in [-0.2, -0.15) is 5.10 Å². The highest BCUT2D eigenvalue weighted by Crippen LogP contribution is 2.49. The fourth-order valence-corrected chi connectivity index (χ4v) is 5.06. The van der Waals surface area contributed by atoms with Crippen LogP contribution in [-0.2, 0) is 24.4 Å². The van der Waals surface area contributed by atoms with Crippen LogP contribution in [0.4, 0.5) is 14.5 Å².